The highest BCUT2D eigenvalue weighted by Crippen LogP contribution is 2.42. The zero-order chi connectivity index (χ0) is 24.8. The van der Waals surface area contributed by atoms with E-state index in [9.17, 15) is 9.59 Å². The van der Waals surface area contributed by atoms with Crippen LogP contribution in [0.2, 0.25) is 0 Å². The van der Waals surface area contributed by atoms with Crippen molar-refractivity contribution in [3.8, 4) is 5.75 Å². The molecule has 3 heterocycles. The lowest BCUT2D eigenvalue weighted by Crippen LogP contribution is -2.34. The summed E-state index contributed by atoms with van der Waals surface area (Å²) in [6.07, 6.45) is 6.80. The van der Waals surface area contributed by atoms with Crippen molar-refractivity contribution in [2.45, 2.75) is 44.2 Å². The number of ether oxygens (including phenoxy) is 1. The van der Waals surface area contributed by atoms with E-state index in [0.717, 1.165) is 37.4 Å². The Morgan fingerprint density at radius 1 is 1.19 bits per heavy atom. The molecular weight excluding hydrogens is 458 g/mol. The molecule has 1 saturated heterocycles. The fourth-order valence-electron chi connectivity index (χ4n) is 5.99. The van der Waals surface area contributed by atoms with Gasteiger partial charge in [-0.1, -0.05) is 12.8 Å². The number of nitrogens with zero attached hydrogens (tertiary/aromatic N) is 4. The van der Waals surface area contributed by atoms with Gasteiger partial charge in [-0.05, 0) is 42.9 Å². The standard InChI is InChI=1S/C26H33N7O3/c1-32-20-14-28-26(31-24(20)33(10-9-22(32)34)16-5-3-4-6-16)29-19-8-7-15(11-21(19)36-2)25(35)30-23-17-12-27-13-18(17)23/h7-8,11,14,16-18,23,27H,3-6,9-10,12-13H2,1-2H3,(H,30,35)(H,28,29,31)/t17-,18+,23?. The number of nitrogens with one attached hydrogen (secondary N) is 3. The highest BCUT2D eigenvalue weighted by Gasteiger charge is 2.53. The van der Waals surface area contributed by atoms with Crippen LogP contribution in [0.1, 0.15) is 42.5 Å². The molecule has 10 nitrogen and oxygen atoms in total. The van der Waals surface area contributed by atoms with Crippen LogP contribution in [0, 0.1) is 11.8 Å². The van der Waals surface area contributed by atoms with Gasteiger partial charge in [0.1, 0.15) is 11.4 Å². The molecule has 3 fully saturated rings. The second-order valence-electron chi connectivity index (χ2n) is 10.3. The molecule has 2 aliphatic heterocycles. The van der Waals surface area contributed by atoms with Crippen molar-refractivity contribution >= 4 is 35.0 Å². The highest BCUT2D eigenvalue weighted by molar-refractivity contribution is 5.97. The van der Waals surface area contributed by atoms with Gasteiger partial charge in [-0.25, -0.2) is 4.98 Å². The number of piperidine rings is 1. The van der Waals surface area contributed by atoms with Gasteiger partial charge in [0.25, 0.3) is 5.91 Å². The number of rotatable bonds is 6. The summed E-state index contributed by atoms with van der Waals surface area (Å²) < 4.78 is 5.60. The number of carbonyl (C=O) groups excluding carboxylic acids is 2. The molecule has 6 rings (SSSR count). The topological polar surface area (TPSA) is 112 Å². The van der Waals surface area contributed by atoms with E-state index >= 15 is 0 Å². The molecule has 0 spiro atoms. The zero-order valence-electron chi connectivity index (χ0n) is 20.8. The third-order valence-corrected chi connectivity index (χ3v) is 8.19. The first-order valence-electron chi connectivity index (χ1n) is 12.9. The second kappa shape index (κ2) is 9.24. The number of methoxy groups -OCH3 is 1. The first kappa shape index (κ1) is 23.0. The number of amides is 2. The summed E-state index contributed by atoms with van der Waals surface area (Å²) in [5.74, 6) is 2.85. The number of anilines is 4. The number of carbonyl (C=O) groups is 2. The number of hydrogen-bond acceptors (Lipinski definition) is 8. The number of benzene rings is 1. The van der Waals surface area contributed by atoms with Crippen molar-refractivity contribution < 1.29 is 14.3 Å². The zero-order valence-corrected chi connectivity index (χ0v) is 20.8. The van der Waals surface area contributed by atoms with E-state index in [1.165, 1.54) is 12.8 Å². The Morgan fingerprint density at radius 2 is 1.97 bits per heavy atom. The van der Waals surface area contributed by atoms with Crippen molar-refractivity contribution in [2.24, 2.45) is 11.8 Å². The van der Waals surface area contributed by atoms with Gasteiger partial charge >= 0.3 is 0 Å². The maximum atomic E-state index is 12.8. The van der Waals surface area contributed by atoms with E-state index in [1.807, 2.05) is 6.07 Å². The lowest BCUT2D eigenvalue weighted by molar-refractivity contribution is -0.118. The molecule has 1 aromatic carbocycles. The number of aromatic nitrogens is 2. The first-order chi connectivity index (χ1) is 17.5. The van der Waals surface area contributed by atoms with Crippen LogP contribution in [0.15, 0.2) is 24.4 Å². The highest BCUT2D eigenvalue weighted by atomic mass is 16.5. The minimum atomic E-state index is -0.0829. The fraction of sp³-hybridized carbons (Fsp3) is 0.538. The van der Waals surface area contributed by atoms with Gasteiger partial charge in [0.15, 0.2) is 5.82 Å². The van der Waals surface area contributed by atoms with Gasteiger partial charge in [0, 0.05) is 50.7 Å². The number of fused-ring (bicyclic) bond motifs is 2. The summed E-state index contributed by atoms with van der Waals surface area (Å²) >= 11 is 0. The van der Waals surface area contributed by atoms with Gasteiger partial charge < -0.3 is 30.5 Å². The summed E-state index contributed by atoms with van der Waals surface area (Å²) in [5, 5.41) is 9.77. The second-order valence-corrected chi connectivity index (χ2v) is 10.3. The van der Waals surface area contributed by atoms with Gasteiger partial charge in [0.2, 0.25) is 11.9 Å². The van der Waals surface area contributed by atoms with Crippen LogP contribution in [-0.4, -0.2) is 67.7 Å². The quantitative estimate of drug-likeness (QED) is 0.565. The molecule has 2 aromatic rings. The molecule has 36 heavy (non-hydrogen) atoms. The van der Waals surface area contributed by atoms with Crippen LogP contribution in [0.3, 0.4) is 0 Å². The van der Waals surface area contributed by atoms with E-state index < -0.39 is 0 Å². The van der Waals surface area contributed by atoms with Crippen LogP contribution >= 0.6 is 0 Å². The van der Waals surface area contributed by atoms with Crippen LogP contribution in [0.5, 0.6) is 5.75 Å². The Balaban J connectivity index is 1.23. The molecule has 2 amide bonds. The maximum absolute atomic E-state index is 12.8. The first-order valence-corrected chi connectivity index (χ1v) is 12.9. The van der Waals surface area contributed by atoms with E-state index in [-0.39, 0.29) is 17.9 Å². The normalized spacial score (nSPS) is 25.3. The molecule has 190 valence electrons. The molecule has 0 bridgehead atoms. The SMILES string of the molecule is COc1cc(C(=O)NC2[C@H]3CNC[C@@H]23)ccc1Nc1ncc2c(n1)N(C1CCCC1)CCC(=O)N2C. The van der Waals surface area contributed by atoms with E-state index in [0.29, 0.717) is 53.8 Å². The molecular formula is C26H33N7O3. The van der Waals surface area contributed by atoms with Gasteiger partial charge in [0.05, 0.1) is 19.0 Å². The Hall–Kier alpha value is -3.40. The average molecular weight is 492 g/mol. The summed E-state index contributed by atoms with van der Waals surface area (Å²) in [6.45, 7) is 2.61. The minimum absolute atomic E-state index is 0.0719. The lowest BCUT2D eigenvalue weighted by Gasteiger charge is -2.30. The average Bonchev–Trinajstić information content (AvgIpc) is 3.28. The predicted molar refractivity (Wildman–Crippen MR) is 137 cm³/mol. The van der Waals surface area contributed by atoms with Crippen LogP contribution in [-0.2, 0) is 4.79 Å². The smallest absolute Gasteiger partial charge is 0.251 e. The molecule has 0 radical (unpaired) electrons. The lowest BCUT2D eigenvalue weighted by atomic mass is 10.1. The van der Waals surface area contributed by atoms with E-state index in [1.54, 1.807) is 37.4 Å². The molecule has 3 N–H and O–H groups in total. The summed E-state index contributed by atoms with van der Waals surface area (Å²) in [5.41, 5.74) is 1.96. The molecule has 3 atom stereocenters. The molecule has 1 unspecified atom stereocenters. The van der Waals surface area contributed by atoms with Crippen LogP contribution in [0.4, 0.5) is 23.1 Å². The summed E-state index contributed by atoms with van der Waals surface area (Å²) in [7, 11) is 3.37. The molecule has 1 aromatic heterocycles. The molecule has 2 aliphatic carbocycles. The Bertz CT molecular complexity index is 1170. The van der Waals surface area contributed by atoms with Gasteiger partial charge in [-0.2, -0.15) is 4.98 Å². The molecule has 2 saturated carbocycles. The monoisotopic (exact) mass is 491 g/mol. The van der Waals surface area contributed by atoms with Crippen LogP contribution in [0.25, 0.3) is 0 Å². The number of hydrogen-bond donors (Lipinski definition) is 3. The maximum Gasteiger partial charge on any atom is 0.251 e. The Labute approximate surface area is 210 Å². The van der Waals surface area contributed by atoms with Crippen LogP contribution < -0.4 is 30.5 Å². The van der Waals surface area contributed by atoms with Crippen molar-refractivity contribution in [3.05, 3.63) is 30.0 Å². The van der Waals surface area contributed by atoms with Gasteiger partial charge in [-0.15, -0.1) is 0 Å². The Morgan fingerprint density at radius 3 is 2.72 bits per heavy atom. The molecule has 10 heteroatoms. The van der Waals surface area contributed by atoms with E-state index in [4.69, 9.17) is 9.72 Å². The third-order valence-electron chi connectivity index (χ3n) is 8.19. The molecule has 4 aliphatic rings. The van der Waals surface area contributed by atoms with Gasteiger partial charge in [-0.3, -0.25) is 9.59 Å². The van der Waals surface area contributed by atoms with Crippen molar-refractivity contribution in [1.29, 1.82) is 0 Å². The fourth-order valence-corrected chi connectivity index (χ4v) is 5.99. The predicted octanol–water partition coefficient (Wildman–Crippen LogP) is 2.29. The Kier molecular flexibility index (Phi) is 5.91. The summed E-state index contributed by atoms with van der Waals surface area (Å²) in [4.78, 5) is 38.7. The van der Waals surface area contributed by atoms with Crippen molar-refractivity contribution in [3.63, 3.8) is 0 Å². The van der Waals surface area contributed by atoms with Crippen molar-refractivity contribution in [1.82, 2.24) is 20.6 Å². The largest absolute Gasteiger partial charge is 0.495 e. The van der Waals surface area contributed by atoms with E-state index in [2.05, 4.69) is 25.8 Å². The van der Waals surface area contributed by atoms with Crippen molar-refractivity contribution in [2.75, 3.05) is 48.9 Å². The third kappa shape index (κ3) is 4.13. The minimum Gasteiger partial charge on any atom is -0.495 e. The summed E-state index contributed by atoms with van der Waals surface area (Å²) in [6, 6.07) is 6.01.